The Balaban J connectivity index is 2.73. The third kappa shape index (κ3) is 3.26. The minimum absolute atomic E-state index is 0.346. The van der Waals surface area contributed by atoms with Crippen LogP contribution >= 0.6 is 0 Å². The van der Waals surface area contributed by atoms with E-state index in [9.17, 15) is 5.11 Å². The van der Waals surface area contributed by atoms with E-state index in [0.717, 1.165) is 6.42 Å². The molecule has 1 aromatic rings. The molecule has 15 heavy (non-hydrogen) atoms. The number of benzene rings is 1. The first-order chi connectivity index (χ1) is 7.19. The van der Waals surface area contributed by atoms with E-state index in [1.165, 1.54) is 12.0 Å². The van der Waals surface area contributed by atoms with E-state index in [1.54, 1.807) is 12.1 Å². The van der Waals surface area contributed by atoms with Gasteiger partial charge in [-0.15, -0.1) is 0 Å². The first-order valence-corrected chi connectivity index (χ1v) is 5.81. The molecule has 0 amide bonds. The average molecular weight is 205 g/mol. The highest BCUT2D eigenvalue weighted by atomic mass is 16.3. The van der Waals surface area contributed by atoms with Gasteiger partial charge in [0.25, 0.3) is 0 Å². The second kappa shape index (κ2) is 5.79. The van der Waals surface area contributed by atoms with E-state index >= 15 is 0 Å². The maximum Gasteiger partial charge on any atom is 0.115 e. The number of hydrogen-bond donors (Lipinski definition) is 1. The molecule has 0 heterocycles. The minimum Gasteiger partial charge on any atom is -0.508 e. The third-order valence-corrected chi connectivity index (χ3v) is 3.07. The summed E-state index contributed by atoms with van der Waals surface area (Å²) in [5, 5.41) is 9.23. The van der Waals surface area contributed by atoms with Gasteiger partial charge < -0.3 is 5.11 Å². The first-order valence-electron chi connectivity index (χ1n) is 5.81. The Kier molecular flexibility index (Phi) is 4.67. The Morgan fingerprint density at radius 3 is 2.27 bits per heavy atom. The molecule has 1 aromatic carbocycles. The molecule has 1 nitrogen and oxygen atoms in total. The summed E-state index contributed by atoms with van der Waals surface area (Å²) in [5.74, 6) is 1.52. The molecule has 1 rings (SSSR count). The van der Waals surface area contributed by atoms with Crippen LogP contribution in [0.1, 0.15) is 45.1 Å². The van der Waals surface area contributed by atoms with Gasteiger partial charge in [-0.1, -0.05) is 45.7 Å². The van der Waals surface area contributed by atoms with E-state index in [4.69, 9.17) is 0 Å². The number of hydrogen-bond acceptors (Lipinski definition) is 1. The van der Waals surface area contributed by atoms with Crippen molar-refractivity contribution in [2.75, 3.05) is 0 Å². The monoisotopic (exact) mass is 205 g/mol. The van der Waals surface area contributed by atoms with Crippen molar-refractivity contribution in [3.8, 4) is 5.75 Å². The predicted molar refractivity (Wildman–Crippen MR) is 64.9 cm³/mol. The molecular formula is C14H21O. The van der Waals surface area contributed by atoms with E-state index in [1.807, 2.05) is 12.1 Å². The Bertz CT molecular complexity index is 276. The molecule has 0 aliphatic rings. The second-order valence-corrected chi connectivity index (χ2v) is 4.10. The number of phenolic OH excluding ortho intramolecular Hbond substituents is 1. The Morgan fingerprint density at radius 1 is 1.20 bits per heavy atom. The van der Waals surface area contributed by atoms with Gasteiger partial charge in [-0.25, -0.2) is 0 Å². The van der Waals surface area contributed by atoms with Crippen LogP contribution in [0.25, 0.3) is 0 Å². The fourth-order valence-electron chi connectivity index (χ4n) is 2.05. The Hall–Kier alpha value is -0.980. The molecule has 0 bridgehead atoms. The zero-order chi connectivity index (χ0) is 11.3. The van der Waals surface area contributed by atoms with Gasteiger partial charge in [0.05, 0.1) is 0 Å². The molecule has 0 aromatic heterocycles. The van der Waals surface area contributed by atoms with Crippen LogP contribution in [0.3, 0.4) is 0 Å². The summed E-state index contributed by atoms with van der Waals surface area (Å²) in [5.41, 5.74) is 1.31. The smallest absolute Gasteiger partial charge is 0.115 e. The lowest BCUT2D eigenvalue weighted by atomic mass is 9.83. The quantitative estimate of drug-likeness (QED) is 0.766. The molecule has 83 valence electrons. The molecule has 1 radical (unpaired) electrons. The summed E-state index contributed by atoms with van der Waals surface area (Å²) < 4.78 is 0. The van der Waals surface area contributed by atoms with Crippen molar-refractivity contribution < 1.29 is 5.11 Å². The molecule has 2 unspecified atom stereocenters. The fourth-order valence-corrected chi connectivity index (χ4v) is 2.05. The number of aromatic hydroxyl groups is 1. The van der Waals surface area contributed by atoms with Crippen LogP contribution in [-0.2, 0) is 0 Å². The van der Waals surface area contributed by atoms with E-state index in [2.05, 4.69) is 27.2 Å². The zero-order valence-electron chi connectivity index (χ0n) is 9.90. The standard InChI is InChI=1S/C14H21O/c1-4-6-12(5-2)11(3)13-7-9-14(15)10-8-13/h6-12,15H,4-5H2,1-3H3. The van der Waals surface area contributed by atoms with Crippen LogP contribution in [0.5, 0.6) is 5.75 Å². The lowest BCUT2D eigenvalue weighted by Gasteiger charge is -2.22. The van der Waals surface area contributed by atoms with Gasteiger partial charge in [0.1, 0.15) is 5.75 Å². The van der Waals surface area contributed by atoms with Crippen molar-refractivity contribution in [2.24, 2.45) is 5.92 Å². The Morgan fingerprint density at radius 2 is 1.80 bits per heavy atom. The van der Waals surface area contributed by atoms with Crippen molar-refractivity contribution in [1.29, 1.82) is 0 Å². The predicted octanol–water partition coefficient (Wildman–Crippen LogP) is 4.14. The molecule has 0 fully saturated rings. The topological polar surface area (TPSA) is 20.2 Å². The molecule has 0 spiro atoms. The van der Waals surface area contributed by atoms with Crippen LogP contribution in [0, 0.1) is 12.3 Å². The summed E-state index contributed by atoms with van der Waals surface area (Å²) in [4.78, 5) is 0. The largest absolute Gasteiger partial charge is 0.508 e. The maximum atomic E-state index is 9.23. The lowest BCUT2D eigenvalue weighted by Crippen LogP contribution is -2.09. The van der Waals surface area contributed by atoms with Crippen molar-refractivity contribution >= 4 is 0 Å². The number of phenols is 1. The van der Waals surface area contributed by atoms with Gasteiger partial charge in [-0.05, 0) is 36.0 Å². The molecule has 0 saturated heterocycles. The van der Waals surface area contributed by atoms with E-state index in [0.29, 0.717) is 17.6 Å². The SMILES string of the molecule is CC[CH]C(CC)C(C)c1ccc(O)cc1. The highest BCUT2D eigenvalue weighted by molar-refractivity contribution is 5.28. The first kappa shape index (κ1) is 12.1. The van der Waals surface area contributed by atoms with Gasteiger partial charge in [-0.3, -0.25) is 0 Å². The highest BCUT2D eigenvalue weighted by Gasteiger charge is 2.16. The van der Waals surface area contributed by atoms with Crippen molar-refractivity contribution in [3.63, 3.8) is 0 Å². The molecule has 1 N–H and O–H groups in total. The maximum absolute atomic E-state index is 9.23. The molecule has 0 aliphatic heterocycles. The van der Waals surface area contributed by atoms with E-state index < -0.39 is 0 Å². The van der Waals surface area contributed by atoms with Crippen molar-refractivity contribution in [3.05, 3.63) is 36.2 Å². The molecule has 1 heteroatoms. The van der Waals surface area contributed by atoms with E-state index in [-0.39, 0.29) is 0 Å². The molecule has 0 saturated carbocycles. The van der Waals surface area contributed by atoms with Gasteiger partial charge in [0, 0.05) is 0 Å². The molecule has 2 atom stereocenters. The third-order valence-electron chi connectivity index (χ3n) is 3.07. The van der Waals surface area contributed by atoms with Crippen LogP contribution in [0.2, 0.25) is 0 Å². The van der Waals surface area contributed by atoms with Crippen LogP contribution < -0.4 is 0 Å². The van der Waals surface area contributed by atoms with Crippen LogP contribution in [0.15, 0.2) is 24.3 Å². The summed E-state index contributed by atoms with van der Waals surface area (Å²) in [6.07, 6.45) is 4.69. The summed E-state index contributed by atoms with van der Waals surface area (Å²) in [7, 11) is 0. The molecule has 0 aliphatic carbocycles. The summed E-state index contributed by atoms with van der Waals surface area (Å²) in [6.45, 7) is 6.67. The normalized spacial score (nSPS) is 14.9. The molecular weight excluding hydrogens is 184 g/mol. The van der Waals surface area contributed by atoms with Crippen molar-refractivity contribution in [2.45, 2.75) is 39.5 Å². The fraction of sp³-hybridized carbons (Fsp3) is 0.500. The van der Waals surface area contributed by atoms with Crippen molar-refractivity contribution in [1.82, 2.24) is 0 Å². The number of rotatable bonds is 5. The zero-order valence-corrected chi connectivity index (χ0v) is 9.90. The summed E-state index contributed by atoms with van der Waals surface area (Å²) in [6, 6.07) is 7.58. The van der Waals surface area contributed by atoms with Gasteiger partial charge >= 0.3 is 0 Å². The highest BCUT2D eigenvalue weighted by Crippen LogP contribution is 2.30. The van der Waals surface area contributed by atoms with Crippen LogP contribution in [-0.4, -0.2) is 5.11 Å². The average Bonchev–Trinajstić information content (AvgIpc) is 2.26. The van der Waals surface area contributed by atoms with Gasteiger partial charge in [0.2, 0.25) is 0 Å². The lowest BCUT2D eigenvalue weighted by molar-refractivity contribution is 0.469. The second-order valence-electron chi connectivity index (χ2n) is 4.10. The van der Waals surface area contributed by atoms with Gasteiger partial charge in [0.15, 0.2) is 0 Å². The van der Waals surface area contributed by atoms with Gasteiger partial charge in [-0.2, -0.15) is 0 Å². The summed E-state index contributed by atoms with van der Waals surface area (Å²) >= 11 is 0. The minimum atomic E-state index is 0.346. The Labute approximate surface area is 93.1 Å². The van der Waals surface area contributed by atoms with Crippen LogP contribution in [0.4, 0.5) is 0 Å².